The van der Waals surface area contributed by atoms with Crippen molar-refractivity contribution in [2.24, 2.45) is 5.92 Å². The van der Waals surface area contributed by atoms with Crippen LogP contribution in [0.25, 0.3) is 0 Å². The monoisotopic (exact) mass is 356 g/mol. The second-order valence-corrected chi connectivity index (χ2v) is 6.27. The van der Waals surface area contributed by atoms with Crippen LogP contribution in [0.1, 0.15) is 36.0 Å². The first-order valence-corrected chi connectivity index (χ1v) is 7.66. The Labute approximate surface area is 130 Å². The van der Waals surface area contributed by atoms with Gasteiger partial charge in [0.25, 0.3) is 11.6 Å². The summed E-state index contributed by atoms with van der Waals surface area (Å²) in [6.45, 7) is 0.482. The Bertz CT molecular complexity index is 550. The van der Waals surface area contributed by atoms with Crippen LogP contribution in [0.4, 0.5) is 5.69 Å². The molecule has 2 N–H and O–H groups in total. The topological polar surface area (TPSA) is 92.5 Å². The number of nitrogens with zero attached hydrogens (tertiary/aromatic N) is 1. The third kappa shape index (κ3) is 4.50. The molecule has 1 saturated carbocycles. The molecule has 2 unspecified atom stereocenters. The average molecular weight is 357 g/mol. The second-order valence-electron chi connectivity index (χ2n) is 5.35. The number of aliphatic hydroxyl groups excluding tert-OH is 1. The van der Waals surface area contributed by atoms with Gasteiger partial charge < -0.3 is 10.4 Å². The number of nitro benzene ring substituents is 1. The molecule has 1 fully saturated rings. The lowest BCUT2D eigenvalue weighted by Gasteiger charge is -2.25. The van der Waals surface area contributed by atoms with Crippen LogP contribution < -0.4 is 5.32 Å². The predicted octanol–water partition coefficient (Wildman–Crippen LogP) is 2.64. The highest BCUT2D eigenvalue weighted by Gasteiger charge is 2.21. The van der Waals surface area contributed by atoms with Gasteiger partial charge in [-0.2, -0.15) is 0 Å². The number of hydrogen-bond donors (Lipinski definition) is 2. The van der Waals surface area contributed by atoms with Crippen LogP contribution >= 0.6 is 15.9 Å². The molecule has 21 heavy (non-hydrogen) atoms. The molecule has 1 aromatic carbocycles. The van der Waals surface area contributed by atoms with Crippen LogP contribution in [0.15, 0.2) is 22.7 Å². The summed E-state index contributed by atoms with van der Waals surface area (Å²) < 4.78 is 0.495. The number of carbonyl (C=O) groups excluding carboxylic acids is 1. The van der Waals surface area contributed by atoms with Crippen molar-refractivity contribution in [1.82, 2.24) is 5.32 Å². The number of non-ortho nitro benzene ring substituents is 1. The summed E-state index contributed by atoms with van der Waals surface area (Å²) in [7, 11) is 0. The zero-order chi connectivity index (χ0) is 15.4. The van der Waals surface area contributed by atoms with Gasteiger partial charge in [-0.15, -0.1) is 0 Å². The van der Waals surface area contributed by atoms with Gasteiger partial charge in [0.1, 0.15) is 0 Å². The normalized spacial score (nSPS) is 21.8. The Balaban J connectivity index is 1.98. The van der Waals surface area contributed by atoms with Crippen LogP contribution in [-0.4, -0.2) is 28.6 Å². The lowest BCUT2D eigenvalue weighted by molar-refractivity contribution is -0.385. The fourth-order valence-corrected chi connectivity index (χ4v) is 3.08. The smallest absolute Gasteiger partial charge is 0.271 e. The van der Waals surface area contributed by atoms with Crippen LogP contribution in [0.2, 0.25) is 0 Å². The number of halogens is 1. The Morgan fingerprint density at radius 2 is 2.19 bits per heavy atom. The van der Waals surface area contributed by atoms with Crippen molar-refractivity contribution in [3.05, 3.63) is 38.3 Å². The highest BCUT2D eigenvalue weighted by molar-refractivity contribution is 9.10. The molecular weight excluding hydrogens is 340 g/mol. The number of amides is 1. The number of benzene rings is 1. The molecule has 2 atom stereocenters. The molecule has 0 heterocycles. The zero-order valence-corrected chi connectivity index (χ0v) is 13.0. The van der Waals surface area contributed by atoms with E-state index < -0.39 is 4.92 Å². The van der Waals surface area contributed by atoms with Crippen molar-refractivity contribution in [1.29, 1.82) is 0 Å². The molecule has 1 amide bonds. The molecule has 114 valence electrons. The van der Waals surface area contributed by atoms with Crippen molar-refractivity contribution in [2.75, 3.05) is 6.54 Å². The third-order valence-electron chi connectivity index (χ3n) is 3.66. The number of hydrogen-bond acceptors (Lipinski definition) is 4. The Kier molecular flexibility index (Phi) is 5.30. The summed E-state index contributed by atoms with van der Waals surface area (Å²) >= 11 is 3.17. The first-order chi connectivity index (χ1) is 9.95. The van der Waals surface area contributed by atoms with Crippen molar-refractivity contribution < 1.29 is 14.8 Å². The van der Waals surface area contributed by atoms with E-state index in [0.717, 1.165) is 19.3 Å². The van der Waals surface area contributed by atoms with Gasteiger partial charge in [-0.25, -0.2) is 0 Å². The fraction of sp³-hybridized carbons (Fsp3) is 0.500. The molecule has 1 aliphatic carbocycles. The minimum Gasteiger partial charge on any atom is -0.393 e. The molecule has 7 heteroatoms. The lowest BCUT2D eigenvalue weighted by atomic mass is 9.87. The first-order valence-electron chi connectivity index (χ1n) is 6.87. The lowest BCUT2D eigenvalue weighted by Crippen LogP contribution is -2.33. The molecule has 0 spiro atoms. The van der Waals surface area contributed by atoms with Crippen LogP contribution in [0.5, 0.6) is 0 Å². The maximum atomic E-state index is 12.1. The SMILES string of the molecule is O=C(NCC1CCCC(O)C1)c1cc(Br)cc([N+](=O)[O-])c1. The maximum Gasteiger partial charge on any atom is 0.271 e. The fourth-order valence-electron chi connectivity index (χ4n) is 2.60. The molecule has 2 rings (SSSR count). The van der Waals surface area contributed by atoms with Crippen LogP contribution in [-0.2, 0) is 0 Å². The molecule has 0 saturated heterocycles. The van der Waals surface area contributed by atoms with Gasteiger partial charge in [0.05, 0.1) is 11.0 Å². The van der Waals surface area contributed by atoms with Gasteiger partial charge in [0.15, 0.2) is 0 Å². The van der Waals surface area contributed by atoms with E-state index in [2.05, 4.69) is 21.2 Å². The van der Waals surface area contributed by atoms with Gasteiger partial charge in [-0.3, -0.25) is 14.9 Å². The van der Waals surface area contributed by atoms with Crippen molar-refractivity contribution >= 4 is 27.5 Å². The van der Waals surface area contributed by atoms with Crippen molar-refractivity contribution in [3.8, 4) is 0 Å². The van der Waals surface area contributed by atoms with Gasteiger partial charge in [-0.1, -0.05) is 22.4 Å². The highest BCUT2D eigenvalue weighted by atomic mass is 79.9. The van der Waals surface area contributed by atoms with E-state index in [1.54, 1.807) is 6.07 Å². The highest BCUT2D eigenvalue weighted by Crippen LogP contribution is 2.24. The largest absolute Gasteiger partial charge is 0.393 e. The Hall–Kier alpha value is -1.47. The molecule has 6 nitrogen and oxygen atoms in total. The quantitative estimate of drug-likeness (QED) is 0.640. The van der Waals surface area contributed by atoms with Crippen LogP contribution in [0, 0.1) is 16.0 Å². The summed E-state index contributed by atoms with van der Waals surface area (Å²) in [5.41, 5.74) is 0.134. The van der Waals surface area contributed by atoms with Gasteiger partial charge in [0, 0.05) is 28.7 Å². The molecule has 0 aromatic heterocycles. The molecule has 0 bridgehead atoms. The number of aliphatic hydroxyl groups is 1. The zero-order valence-electron chi connectivity index (χ0n) is 11.4. The Morgan fingerprint density at radius 1 is 1.43 bits per heavy atom. The third-order valence-corrected chi connectivity index (χ3v) is 4.12. The predicted molar refractivity (Wildman–Crippen MR) is 81.1 cm³/mol. The number of nitro groups is 1. The van der Waals surface area contributed by atoms with E-state index in [-0.39, 0.29) is 29.2 Å². The molecule has 0 aliphatic heterocycles. The first kappa shape index (κ1) is 15.9. The second kappa shape index (κ2) is 7.00. The summed E-state index contributed by atoms with van der Waals surface area (Å²) in [5.74, 6) is -0.0701. The van der Waals surface area contributed by atoms with E-state index in [9.17, 15) is 20.0 Å². The summed E-state index contributed by atoms with van der Waals surface area (Å²) in [5, 5.41) is 23.2. The number of rotatable bonds is 4. The van der Waals surface area contributed by atoms with Crippen molar-refractivity contribution in [3.63, 3.8) is 0 Å². The standard InChI is InChI=1S/C14H17BrN2O4/c15-11-5-10(6-12(7-11)17(20)21)14(19)16-8-9-2-1-3-13(18)4-9/h5-7,9,13,18H,1-4,8H2,(H,16,19). The summed E-state index contributed by atoms with van der Waals surface area (Å²) in [4.78, 5) is 22.3. The van der Waals surface area contributed by atoms with E-state index in [4.69, 9.17) is 0 Å². The van der Waals surface area contributed by atoms with Gasteiger partial charge >= 0.3 is 0 Å². The summed E-state index contributed by atoms with van der Waals surface area (Å²) in [6, 6.07) is 4.17. The van der Waals surface area contributed by atoms with E-state index >= 15 is 0 Å². The molecule has 0 radical (unpaired) electrons. The van der Waals surface area contributed by atoms with Crippen molar-refractivity contribution in [2.45, 2.75) is 31.8 Å². The average Bonchev–Trinajstić information content (AvgIpc) is 2.44. The maximum absolute atomic E-state index is 12.1. The minimum atomic E-state index is -0.529. The van der Waals surface area contributed by atoms with Gasteiger partial charge in [0.2, 0.25) is 0 Å². The molecule has 1 aromatic rings. The molecular formula is C14H17BrN2O4. The van der Waals surface area contributed by atoms with E-state index in [1.807, 2.05) is 0 Å². The van der Waals surface area contributed by atoms with E-state index in [0.29, 0.717) is 17.4 Å². The van der Waals surface area contributed by atoms with Crippen LogP contribution in [0.3, 0.4) is 0 Å². The molecule has 1 aliphatic rings. The Morgan fingerprint density at radius 3 is 2.86 bits per heavy atom. The minimum absolute atomic E-state index is 0.123. The summed E-state index contributed by atoms with van der Waals surface area (Å²) in [6.07, 6.45) is 3.17. The van der Waals surface area contributed by atoms with Gasteiger partial charge in [-0.05, 0) is 31.2 Å². The number of nitrogens with one attached hydrogen (secondary N) is 1. The number of carbonyl (C=O) groups is 1. The van der Waals surface area contributed by atoms with E-state index in [1.165, 1.54) is 12.1 Å².